The molecule has 0 saturated carbocycles. The smallest absolute Gasteiger partial charge is 0.410 e. The molecule has 3 rings (SSSR count). The number of hydrogen-bond acceptors (Lipinski definition) is 3. The number of fused-ring (bicyclic) bond motifs is 1. The molecule has 1 fully saturated rings. The highest BCUT2D eigenvalue weighted by molar-refractivity contribution is 6.35. The number of ether oxygens (including phenoxy) is 1. The van der Waals surface area contributed by atoms with Gasteiger partial charge in [-0.3, -0.25) is 0 Å². The van der Waals surface area contributed by atoms with Gasteiger partial charge in [-0.2, -0.15) is 0 Å². The number of aliphatic hydroxyl groups is 1. The molecule has 5 nitrogen and oxygen atoms in total. The highest BCUT2D eigenvalue weighted by Gasteiger charge is 2.34. The third kappa shape index (κ3) is 3.37. The van der Waals surface area contributed by atoms with Gasteiger partial charge in [0.25, 0.3) is 0 Å². The third-order valence-electron chi connectivity index (χ3n) is 4.33. The minimum atomic E-state index is -0.635. The van der Waals surface area contributed by atoms with Crippen LogP contribution in [0.1, 0.15) is 38.7 Å². The predicted octanol–water partition coefficient (Wildman–Crippen LogP) is 3.91. The number of aliphatic hydroxyl groups excluding tert-OH is 1. The fourth-order valence-electron chi connectivity index (χ4n) is 3.23. The summed E-state index contributed by atoms with van der Waals surface area (Å²) < 4.78 is 5.39. The molecule has 2 heterocycles. The van der Waals surface area contributed by atoms with Gasteiger partial charge in [-0.25, -0.2) is 4.79 Å². The van der Waals surface area contributed by atoms with Crippen LogP contribution in [0.4, 0.5) is 4.79 Å². The molecular weight excluding hydrogens is 328 g/mol. The Labute approximate surface area is 146 Å². The van der Waals surface area contributed by atoms with Gasteiger partial charge >= 0.3 is 6.09 Å². The largest absolute Gasteiger partial charge is 0.444 e. The standard InChI is InChI=1S/C18H23ClN2O3/c1-18(2,3)24-17(23)21-8-7-11(15(22)10-21)13-9-20-16-12(13)5-4-6-14(16)19/h4-6,9,11,15,20,22H,7-8,10H2,1-3H3. The van der Waals surface area contributed by atoms with E-state index in [4.69, 9.17) is 16.3 Å². The fraction of sp³-hybridized carbons (Fsp3) is 0.500. The van der Waals surface area contributed by atoms with Crippen LogP contribution in [-0.2, 0) is 4.74 Å². The van der Waals surface area contributed by atoms with Crippen LogP contribution in [0.15, 0.2) is 24.4 Å². The van der Waals surface area contributed by atoms with Crippen molar-refractivity contribution < 1.29 is 14.6 Å². The Morgan fingerprint density at radius 1 is 1.42 bits per heavy atom. The lowest BCUT2D eigenvalue weighted by Crippen LogP contribution is -2.47. The molecule has 130 valence electrons. The van der Waals surface area contributed by atoms with Crippen LogP contribution in [0.3, 0.4) is 0 Å². The van der Waals surface area contributed by atoms with Crippen molar-refractivity contribution in [3.05, 3.63) is 35.0 Å². The van der Waals surface area contributed by atoms with Gasteiger partial charge in [-0.1, -0.05) is 23.7 Å². The van der Waals surface area contributed by atoms with Crippen molar-refractivity contribution in [1.82, 2.24) is 9.88 Å². The van der Waals surface area contributed by atoms with Crippen LogP contribution in [0, 0.1) is 0 Å². The average Bonchev–Trinajstić information content (AvgIpc) is 2.90. The van der Waals surface area contributed by atoms with Crippen LogP contribution in [-0.4, -0.2) is 45.9 Å². The molecule has 1 aliphatic rings. The number of hydrogen-bond donors (Lipinski definition) is 2. The normalized spacial score (nSPS) is 22.0. The highest BCUT2D eigenvalue weighted by Crippen LogP contribution is 2.35. The van der Waals surface area contributed by atoms with Crippen molar-refractivity contribution in [2.45, 2.75) is 44.8 Å². The van der Waals surface area contributed by atoms with Gasteiger partial charge < -0.3 is 19.7 Å². The Bertz CT molecular complexity index is 750. The average molecular weight is 351 g/mol. The zero-order valence-electron chi connectivity index (χ0n) is 14.2. The number of H-pyrrole nitrogens is 1. The van der Waals surface area contributed by atoms with Crippen LogP contribution in [0.2, 0.25) is 5.02 Å². The minimum absolute atomic E-state index is 0.0316. The molecule has 1 saturated heterocycles. The summed E-state index contributed by atoms with van der Waals surface area (Å²) in [7, 11) is 0. The fourth-order valence-corrected chi connectivity index (χ4v) is 3.46. The summed E-state index contributed by atoms with van der Waals surface area (Å²) in [6, 6.07) is 5.75. The zero-order valence-corrected chi connectivity index (χ0v) is 14.9. The number of aromatic amines is 1. The number of piperidine rings is 1. The summed E-state index contributed by atoms with van der Waals surface area (Å²) in [6.45, 7) is 6.34. The van der Waals surface area contributed by atoms with E-state index in [0.717, 1.165) is 16.5 Å². The van der Waals surface area contributed by atoms with Crippen molar-refractivity contribution in [3.63, 3.8) is 0 Å². The number of carbonyl (C=O) groups is 1. The van der Waals surface area contributed by atoms with Crippen LogP contribution >= 0.6 is 11.6 Å². The molecule has 0 aliphatic carbocycles. The van der Waals surface area contributed by atoms with E-state index in [1.807, 2.05) is 45.2 Å². The predicted molar refractivity (Wildman–Crippen MR) is 94.5 cm³/mol. The maximum Gasteiger partial charge on any atom is 0.410 e. The topological polar surface area (TPSA) is 65.6 Å². The van der Waals surface area contributed by atoms with E-state index in [-0.39, 0.29) is 18.6 Å². The quantitative estimate of drug-likeness (QED) is 0.819. The van der Waals surface area contributed by atoms with Crippen molar-refractivity contribution in [1.29, 1.82) is 0 Å². The maximum atomic E-state index is 12.2. The van der Waals surface area contributed by atoms with E-state index in [1.165, 1.54) is 0 Å². The first-order valence-corrected chi connectivity index (χ1v) is 8.55. The number of nitrogens with one attached hydrogen (secondary N) is 1. The molecule has 1 aromatic carbocycles. The number of rotatable bonds is 1. The number of halogens is 1. The second-order valence-electron chi connectivity index (χ2n) is 7.30. The van der Waals surface area contributed by atoms with Gasteiger partial charge in [-0.05, 0) is 38.8 Å². The minimum Gasteiger partial charge on any atom is -0.444 e. The lowest BCUT2D eigenvalue weighted by atomic mass is 9.87. The molecule has 0 bridgehead atoms. The molecule has 2 atom stereocenters. The molecule has 1 aromatic heterocycles. The maximum absolute atomic E-state index is 12.2. The zero-order chi connectivity index (χ0) is 17.5. The number of benzene rings is 1. The van der Waals surface area contributed by atoms with E-state index in [9.17, 15) is 9.90 Å². The summed E-state index contributed by atoms with van der Waals surface area (Å²) in [6.07, 6.45) is 1.58. The van der Waals surface area contributed by atoms with Gasteiger partial charge in [0.15, 0.2) is 0 Å². The van der Waals surface area contributed by atoms with Gasteiger partial charge in [0.2, 0.25) is 0 Å². The summed E-state index contributed by atoms with van der Waals surface area (Å²) >= 11 is 6.21. The lowest BCUT2D eigenvalue weighted by Gasteiger charge is -2.36. The second-order valence-corrected chi connectivity index (χ2v) is 7.70. The Hall–Kier alpha value is -1.72. The third-order valence-corrected chi connectivity index (χ3v) is 4.64. The molecule has 0 radical (unpaired) electrons. The van der Waals surface area contributed by atoms with Gasteiger partial charge in [0, 0.05) is 24.0 Å². The van der Waals surface area contributed by atoms with Crippen molar-refractivity contribution >= 4 is 28.6 Å². The van der Waals surface area contributed by atoms with E-state index in [1.54, 1.807) is 4.90 Å². The SMILES string of the molecule is CC(C)(C)OC(=O)N1CCC(c2c[nH]c3c(Cl)cccc23)C(O)C1. The molecule has 1 aliphatic heterocycles. The first-order chi connectivity index (χ1) is 11.3. The number of carbonyl (C=O) groups excluding carboxylic acids is 1. The van der Waals surface area contributed by atoms with Gasteiger partial charge in [0.1, 0.15) is 5.60 Å². The van der Waals surface area contributed by atoms with Crippen LogP contribution in [0.25, 0.3) is 10.9 Å². The number of likely N-dealkylation sites (tertiary alicyclic amines) is 1. The van der Waals surface area contributed by atoms with Crippen LogP contribution < -0.4 is 0 Å². The first-order valence-electron chi connectivity index (χ1n) is 8.18. The van der Waals surface area contributed by atoms with Crippen molar-refractivity contribution in [3.8, 4) is 0 Å². The van der Waals surface area contributed by atoms with Gasteiger partial charge in [-0.15, -0.1) is 0 Å². The Morgan fingerprint density at radius 2 is 2.17 bits per heavy atom. The lowest BCUT2D eigenvalue weighted by molar-refractivity contribution is -0.00138. The summed E-state index contributed by atoms with van der Waals surface area (Å²) in [5.74, 6) is -0.0316. The molecule has 2 aromatic rings. The Balaban J connectivity index is 1.76. The summed E-state index contributed by atoms with van der Waals surface area (Å²) in [4.78, 5) is 16.9. The Morgan fingerprint density at radius 3 is 2.83 bits per heavy atom. The number of β-amino-alcohol motifs (C(OH)–C–C–N with tert-alkyl or cyclic N) is 1. The summed E-state index contributed by atoms with van der Waals surface area (Å²) in [5.41, 5.74) is 1.40. The molecule has 2 unspecified atom stereocenters. The molecular formula is C18H23ClN2O3. The van der Waals surface area contributed by atoms with E-state index in [0.29, 0.717) is 18.0 Å². The van der Waals surface area contributed by atoms with E-state index >= 15 is 0 Å². The van der Waals surface area contributed by atoms with E-state index in [2.05, 4.69) is 4.98 Å². The number of para-hydroxylation sites is 1. The first kappa shape index (κ1) is 17.1. The van der Waals surface area contributed by atoms with Crippen molar-refractivity contribution in [2.75, 3.05) is 13.1 Å². The summed E-state index contributed by atoms with van der Waals surface area (Å²) in [5, 5.41) is 12.3. The number of nitrogens with zero attached hydrogens (tertiary/aromatic N) is 1. The molecule has 0 spiro atoms. The van der Waals surface area contributed by atoms with E-state index < -0.39 is 11.7 Å². The van der Waals surface area contributed by atoms with Gasteiger partial charge in [0.05, 0.1) is 23.2 Å². The van der Waals surface area contributed by atoms with Crippen LogP contribution in [0.5, 0.6) is 0 Å². The molecule has 1 amide bonds. The monoisotopic (exact) mass is 350 g/mol. The number of aromatic nitrogens is 1. The Kier molecular flexibility index (Phi) is 4.49. The number of amides is 1. The highest BCUT2D eigenvalue weighted by atomic mass is 35.5. The molecule has 6 heteroatoms. The second kappa shape index (κ2) is 6.30. The molecule has 2 N–H and O–H groups in total. The molecule has 24 heavy (non-hydrogen) atoms. The van der Waals surface area contributed by atoms with Crippen molar-refractivity contribution in [2.24, 2.45) is 0 Å².